The molecule has 17 heavy (non-hydrogen) atoms. The van der Waals surface area contributed by atoms with E-state index in [9.17, 15) is 4.79 Å². The van der Waals surface area contributed by atoms with Crippen LogP contribution in [-0.2, 0) is 6.54 Å². The monoisotopic (exact) mass is 229 g/mol. The Morgan fingerprint density at radius 1 is 1.29 bits per heavy atom. The minimum absolute atomic E-state index is 0.161. The summed E-state index contributed by atoms with van der Waals surface area (Å²) >= 11 is 0. The van der Waals surface area contributed by atoms with Crippen molar-refractivity contribution in [2.45, 2.75) is 26.3 Å². The van der Waals surface area contributed by atoms with Crippen molar-refractivity contribution in [1.82, 2.24) is 4.90 Å². The second-order valence-electron chi connectivity index (χ2n) is 5.65. The molecule has 1 aliphatic carbocycles. The van der Waals surface area contributed by atoms with Crippen molar-refractivity contribution in [2.75, 3.05) is 13.1 Å². The minimum atomic E-state index is 0.161. The van der Waals surface area contributed by atoms with E-state index in [1.165, 1.54) is 31.5 Å². The van der Waals surface area contributed by atoms with E-state index in [0.717, 1.165) is 23.9 Å². The lowest BCUT2D eigenvalue weighted by Gasteiger charge is -2.47. The lowest BCUT2D eigenvalue weighted by molar-refractivity contribution is 0.0228. The summed E-state index contributed by atoms with van der Waals surface area (Å²) in [5, 5.41) is 0. The minimum Gasteiger partial charge on any atom is -0.299 e. The Hall–Kier alpha value is -1.15. The first kappa shape index (κ1) is 11.0. The smallest absolute Gasteiger partial charge is 0.159 e. The van der Waals surface area contributed by atoms with Crippen LogP contribution in [0.4, 0.5) is 0 Å². The number of hydrogen-bond donors (Lipinski definition) is 0. The van der Waals surface area contributed by atoms with Gasteiger partial charge in [0.2, 0.25) is 0 Å². The van der Waals surface area contributed by atoms with E-state index >= 15 is 0 Å². The van der Waals surface area contributed by atoms with E-state index < -0.39 is 0 Å². The van der Waals surface area contributed by atoms with Crippen molar-refractivity contribution in [3.63, 3.8) is 0 Å². The lowest BCUT2D eigenvalue weighted by atomic mass is 9.71. The zero-order valence-electron chi connectivity index (χ0n) is 10.4. The molecule has 2 aliphatic heterocycles. The summed E-state index contributed by atoms with van der Waals surface area (Å²) in [5.74, 6) is 2.06. The normalized spacial score (nSPS) is 27.6. The number of fused-ring (bicyclic) bond motifs is 2. The number of piperidine rings is 2. The second kappa shape index (κ2) is 4.26. The van der Waals surface area contributed by atoms with Crippen molar-refractivity contribution in [3.8, 4) is 0 Å². The van der Waals surface area contributed by atoms with E-state index in [-0.39, 0.29) is 5.78 Å². The third-order valence-electron chi connectivity index (χ3n) is 4.11. The third-order valence-corrected chi connectivity index (χ3v) is 4.11. The topological polar surface area (TPSA) is 20.3 Å². The quantitative estimate of drug-likeness (QED) is 0.743. The largest absolute Gasteiger partial charge is 0.299 e. The summed E-state index contributed by atoms with van der Waals surface area (Å²) in [5.41, 5.74) is 2.11. The van der Waals surface area contributed by atoms with Crippen molar-refractivity contribution >= 4 is 5.78 Å². The molecule has 2 bridgehead atoms. The standard InChI is InChI=1S/C15H19NO/c1-11(17)15-4-2-3-12(7-15)8-16-9-13-5-14(6-13)10-16/h2-4,7,13-14H,5-6,8-10H2,1H3. The highest BCUT2D eigenvalue weighted by Crippen LogP contribution is 2.39. The van der Waals surface area contributed by atoms with Gasteiger partial charge in [-0.05, 0) is 43.2 Å². The van der Waals surface area contributed by atoms with Crippen LogP contribution in [0.5, 0.6) is 0 Å². The summed E-state index contributed by atoms with van der Waals surface area (Å²) in [6.45, 7) is 5.14. The maximum Gasteiger partial charge on any atom is 0.159 e. The Bertz CT molecular complexity index is 424. The van der Waals surface area contributed by atoms with E-state index in [1.807, 2.05) is 18.2 Å². The summed E-state index contributed by atoms with van der Waals surface area (Å²) < 4.78 is 0. The van der Waals surface area contributed by atoms with Crippen LogP contribution in [0.15, 0.2) is 24.3 Å². The molecule has 2 heterocycles. The van der Waals surface area contributed by atoms with Crippen LogP contribution >= 0.6 is 0 Å². The van der Waals surface area contributed by atoms with Crippen LogP contribution < -0.4 is 0 Å². The Morgan fingerprint density at radius 3 is 2.65 bits per heavy atom. The maximum absolute atomic E-state index is 11.3. The Kier molecular flexibility index (Phi) is 2.75. The Morgan fingerprint density at radius 2 is 2.00 bits per heavy atom. The van der Waals surface area contributed by atoms with Gasteiger partial charge in [-0.15, -0.1) is 0 Å². The van der Waals surface area contributed by atoms with Gasteiger partial charge in [0.25, 0.3) is 0 Å². The van der Waals surface area contributed by atoms with Gasteiger partial charge in [-0.2, -0.15) is 0 Å². The molecule has 4 rings (SSSR count). The van der Waals surface area contributed by atoms with E-state index in [4.69, 9.17) is 0 Å². The summed E-state index contributed by atoms with van der Waals surface area (Å²) in [7, 11) is 0. The molecular weight excluding hydrogens is 210 g/mol. The molecule has 0 N–H and O–H groups in total. The SMILES string of the molecule is CC(=O)c1cccc(CN2CC3CC(C3)C2)c1. The van der Waals surface area contributed by atoms with Gasteiger partial charge in [-0.3, -0.25) is 9.69 Å². The highest BCUT2D eigenvalue weighted by molar-refractivity contribution is 5.94. The van der Waals surface area contributed by atoms with Crippen LogP contribution in [0.25, 0.3) is 0 Å². The molecule has 2 saturated heterocycles. The van der Waals surface area contributed by atoms with Crippen LogP contribution in [0, 0.1) is 11.8 Å². The average molecular weight is 229 g/mol. The second-order valence-corrected chi connectivity index (χ2v) is 5.65. The fourth-order valence-corrected chi connectivity index (χ4v) is 3.25. The first-order chi connectivity index (χ1) is 8.20. The molecule has 0 spiro atoms. The Balaban J connectivity index is 1.68. The molecule has 2 heteroatoms. The molecule has 0 atom stereocenters. The van der Waals surface area contributed by atoms with E-state index in [1.54, 1.807) is 6.92 Å². The van der Waals surface area contributed by atoms with Gasteiger partial charge in [0.15, 0.2) is 5.78 Å². The van der Waals surface area contributed by atoms with Gasteiger partial charge in [-0.25, -0.2) is 0 Å². The molecule has 90 valence electrons. The molecule has 0 amide bonds. The van der Waals surface area contributed by atoms with Crippen LogP contribution in [0.2, 0.25) is 0 Å². The molecule has 2 nitrogen and oxygen atoms in total. The molecule has 1 aromatic carbocycles. The molecule has 0 aromatic heterocycles. The van der Waals surface area contributed by atoms with Gasteiger partial charge in [-0.1, -0.05) is 18.2 Å². The van der Waals surface area contributed by atoms with Gasteiger partial charge in [0.1, 0.15) is 0 Å². The number of ketones is 1. The predicted octanol–water partition coefficient (Wildman–Crippen LogP) is 2.73. The molecule has 0 unspecified atom stereocenters. The average Bonchev–Trinajstić information content (AvgIpc) is 2.28. The summed E-state index contributed by atoms with van der Waals surface area (Å²) in [6.07, 6.45) is 2.90. The van der Waals surface area contributed by atoms with Gasteiger partial charge in [0.05, 0.1) is 0 Å². The number of hydrogen-bond acceptors (Lipinski definition) is 2. The zero-order valence-corrected chi connectivity index (χ0v) is 10.4. The number of carbonyl (C=O) groups excluding carboxylic acids is 1. The van der Waals surface area contributed by atoms with Gasteiger partial charge < -0.3 is 0 Å². The molecule has 3 fully saturated rings. The Labute approximate surface area is 103 Å². The highest BCUT2D eigenvalue weighted by Gasteiger charge is 2.36. The lowest BCUT2D eigenvalue weighted by Crippen LogP contribution is -2.47. The molecule has 1 aromatic rings. The van der Waals surface area contributed by atoms with Crippen LogP contribution in [0.3, 0.4) is 0 Å². The third kappa shape index (κ3) is 2.27. The first-order valence-corrected chi connectivity index (χ1v) is 6.53. The highest BCUT2D eigenvalue weighted by atomic mass is 16.1. The van der Waals surface area contributed by atoms with Crippen molar-refractivity contribution in [1.29, 1.82) is 0 Å². The molecular formula is C15H19NO. The molecule has 0 radical (unpaired) electrons. The van der Waals surface area contributed by atoms with E-state index in [0.29, 0.717) is 0 Å². The predicted molar refractivity (Wildman–Crippen MR) is 67.9 cm³/mol. The van der Waals surface area contributed by atoms with Crippen molar-refractivity contribution in [2.24, 2.45) is 11.8 Å². The van der Waals surface area contributed by atoms with Crippen molar-refractivity contribution in [3.05, 3.63) is 35.4 Å². The van der Waals surface area contributed by atoms with Gasteiger partial charge >= 0.3 is 0 Å². The number of benzene rings is 1. The number of rotatable bonds is 3. The van der Waals surface area contributed by atoms with Crippen LogP contribution in [0.1, 0.15) is 35.7 Å². The number of Topliss-reactive ketones (excluding diaryl/α,β-unsaturated/α-hetero) is 1. The molecule has 1 saturated carbocycles. The van der Waals surface area contributed by atoms with Gasteiger partial charge in [0, 0.05) is 25.2 Å². The van der Waals surface area contributed by atoms with Crippen LogP contribution in [-0.4, -0.2) is 23.8 Å². The fraction of sp³-hybridized carbons (Fsp3) is 0.533. The fourth-order valence-electron chi connectivity index (χ4n) is 3.25. The zero-order chi connectivity index (χ0) is 11.8. The molecule has 3 aliphatic rings. The van der Waals surface area contributed by atoms with Crippen molar-refractivity contribution < 1.29 is 4.79 Å². The number of nitrogens with zero attached hydrogens (tertiary/aromatic N) is 1. The van der Waals surface area contributed by atoms with E-state index in [2.05, 4.69) is 11.0 Å². The summed E-state index contributed by atoms with van der Waals surface area (Å²) in [6, 6.07) is 8.07. The first-order valence-electron chi connectivity index (χ1n) is 6.53. The number of carbonyl (C=O) groups is 1. The summed E-state index contributed by atoms with van der Waals surface area (Å²) in [4.78, 5) is 13.9. The maximum atomic E-state index is 11.3.